The van der Waals surface area contributed by atoms with Crippen LogP contribution in [0, 0.1) is 0 Å². The van der Waals surface area contributed by atoms with Gasteiger partial charge in [0.05, 0.1) is 6.10 Å². The molecule has 0 radical (unpaired) electrons. The molecule has 0 aromatic carbocycles. The zero-order chi connectivity index (χ0) is 10.5. The van der Waals surface area contributed by atoms with Crippen LogP contribution in [0.5, 0.6) is 0 Å². The molecular weight excluding hydrogens is 180 g/mol. The maximum Gasteiger partial charge on any atom is 0.0745 e. The van der Waals surface area contributed by atoms with Gasteiger partial charge in [0.15, 0.2) is 0 Å². The molecule has 0 aromatic rings. The monoisotopic (exact) mass is 202 g/mol. The molecule has 2 N–H and O–H groups in total. The molecule has 0 bridgehead atoms. The van der Waals surface area contributed by atoms with Crippen LogP contribution in [-0.4, -0.2) is 31.0 Å². The third-order valence-corrected chi connectivity index (χ3v) is 3.38. The molecule has 0 rings (SSSR count). The predicted molar refractivity (Wildman–Crippen MR) is 59.6 cm³/mol. The Labute approximate surface area is 82.3 Å². The predicted octanol–water partition coefficient (Wildman–Crippen LogP) is 2.01. The van der Waals surface area contributed by atoms with Crippen molar-refractivity contribution >= 4 is 8.07 Å². The first-order valence-electron chi connectivity index (χ1n) is 4.83. The van der Waals surface area contributed by atoms with Gasteiger partial charge in [-0.1, -0.05) is 31.8 Å². The third kappa shape index (κ3) is 6.99. The SMILES string of the molecule is C=C(C[Si](C)(C)C)C(O)CCCO. The largest absolute Gasteiger partial charge is 0.396 e. The molecule has 0 aliphatic rings. The van der Waals surface area contributed by atoms with Gasteiger partial charge in [-0.05, 0) is 18.9 Å². The van der Waals surface area contributed by atoms with Crippen molar-refractivity contribution in [2.75, 3.05) is 6.61 Å². The molecule has 0 saturated heterocycles. The van der Waals surface area contributed by atoms with E-state index in [1.165, 1.54) is 0 Å². The van der Waals surface area contributed by atoms with Crippen LogP contribution in [0.15, 0.2) is 12.2 Å². The molecule has 78 valence electrons. The summed E-state index contributed by atoms with van der Waals surface area (Å²) in [5.41, 5.74) is 0.938. The summed E-state index contributed by atoms with van der Waals surface area (Å²) < 4.78 is 0. The zero-order valence-corrected chi connectivity index (χ0v) is 10.0. The Bertz CT molecular complexity index is 161. The Hall–Kier alpha value is -0.123. The van der Waals surface area contributed by atoms with Crippen molar-refractivity contribution in [3.05, 3.63) is 12.2 Å². The highest BCUT2D eigenvalue weighted by molar-refractivity contribution is 6.76. The molecular formula is C10H22O2Si. The van der Waals surface area contributed by atoms with E-state index < -0.39 is 14.2 Å². The first-order chi connectivity index (χ1) is 5.87. The molecule has 0 amide bonds. The Morgan fingerprint density at radius 1 is 1.38 bits per heavy atom. The van der Waals surface area contributed by atoms with Gasteiger partial charge in [0.1, 0.15) is 0 Å². The molecule has 0 fully saturated rings. The van der Waals surface area contributed by atoms with Gasteiger partial charge in [-0.2, -0.15) is 0 Å². The minimum atomic E-state index is -1.14. The lowest BCUT2D eigenvalue weighted by atomic mass is 10.1. The summed E-state index contributed by atoms with van der Waals surface area (Å²) in [5, 5.41) is 18.2. The van der Waals surface area contributed by atoms with E-state index in [9.17, 15) is 5.11 Å². The van der Waals surface area contributed by atoms with Crippen molar-refractivity contribution in [1.29, 1.82) is 0 Å². The summed E-state index contributed by atoms with van der Waals surface area (Å²) in [6, 6.07) is 0.972. The van der Waals surface area contributed by atoms with E-state index in [-0.39, 0.29) is 6.61 Å². The van der Waals surface area contributed by atoms with Crippen molar-refractivity contribution in [2.24, 2.45) is 0 Å². The van der Waals surface area contributed by atoms with Gasteiger partial charge < -0.3 is 10.2 Å². The second-order valence-corrected chi connectivity index (χ2v) is 10.3. The fourth-order valence-electron chi connectivity index (χ4n) is 1.29. The molecule has 1 atom stereocenters. The molecule has 2 nitrogen and oxygen atoms in total. The average Bonchev–Trinajstić information content (AvgIpc) is 1.96. The third-order valence-electron chi connectivity index (χ3n) is 1.86. The van der Waals surface area contributed by atoms with Crippen LogP contribution in [0.25, 0.3) is 0 Å². The molecule has 0 aromatic heterocycles. The minimum Gasteiger partial charge on any atom is -0.396 e. The average molecular weight is 202 g/mol. The van der Waals surface area contributed by atoms with Crippen molar-refractivity contribution in [3.8, 4) is 0 Å². The molecule has 0 heterocycles. The van der Waals surface area contributed by atoms with Crippen LogP contribution in [0.3, 0.4) is 0 Å². The number of hydrogen-bond acceptors (Lipinski definition) is 2. The second kappa shape index (κ2) is 5.57. The van der Waals surface area contributed by atoms with Gasteiger partial charge in [-0.3, -0.25) is 0 Å². The van der Waals surface area contributed by atoms with Crippen molar-refractivity contribution in [3.63, 3.8) is 0 Å². The van der Waals surface area contributed by atoms with Crippen LogP contribution in [0.4, 0.5) is 0 Å². The van der Waals surface area contributed by atoms with Crippen molar-refractivity contribution in [1.82, 2.24) is 0 Å². The quantitative estimate of drug-likeness (QED) is 0.511. The zero-order valence-electron chi connectivity index (χ0n) is 9.01. The van der Waals surface area contributed by atoms with Crippen LogP contribution >= 0.6 is 0 Å². The summed E-state index contributed by atoms with van der Waals surface area (Å²) in [7, 11) is -1.14. The fourth-order valence-corrected chi connectivity index (χ4v) is 2.89. The van der Waals surface area contributed by atoms with E-state index in [2.05, 4.69) is 26.2 Å². The topological polar surface area (TPSA) is 40.5 Å². The van der Waals surface area contributed by atoms with Gasteiger partial charge in [0.25, 0.3) is 0 Å². The van der Waals surface area contributed by atoms with Crippen LogP contribution in [0.1, 0.15) is 12.8 Å². The summed E-state index contributed by atoms with van der Waals surface area (Å²) in [4.78, 5) is 0. The maximum atomic E-state index is 9.62. The molecule has 3 heteroatoms. The van der Waals surface area contributed by atoms with Gasteiger partial charge in [-0.15, -0.1) is 0 Å². The van der Waals surface area contributed by atoms with E-state index in [1.54, 1.807) is 0 Å². The Kier molecular flexibility index (Phi) is 5.52. The standard InChI is InChI=1S/C10H22O2Si/c1-9(8-13(2,3)4)10(12)6-5-7-11/h10-12H,1,5-8H2,2-4H3. The highest BCUT2D eigenvalue weighted by Gasteiger charge is 2.18. The van der Waals surface area contributed by atoms with Gasteiger partial charge in [-0.25, -0.2) is 0 Å². The Morgan fingerprint density at radius 2 is 1.92 bits per heavy atom. The Balaban J connectivity index is 3.83. The lowest BCUT2D eigenvalue weighted by Gasteiger charge is -2.21. The minimum absolute atomic E-state index is 0.150. The molecule has 0 spiro atoms. The van der Waals surface area contributed by atoms with E-state index in [1.807, 2.05) is 0 Å². The van der Waals surface area contributed by atoms with Crippen molar-refractivity contribution in [2.45, 2.75) is 44.6 Å². The first kappa shape index (κ1) is 12.9. The molecule has 0 aliphatic heterocycles. The molecule has 1 unspecified atom stereocenters. The lowest BCUT2D eigenvalue weighted by molar-refractivity contribution is 0.180. The van der Waals surface area contributed by atoms with Gasteiger partial charge >= 0.3 is 0 Å². The summed E-state index contributed by atoms with van der Waals surface area (Å²) in [6.07, 6.45) is 0.880. The van der Waals surface area contributed by atoms with E-state index in [0.29, 0.717) is 12.8 Å². The van der Waals surface area contributed by atoms with Crippen LogP contribution < -0.4 is 0 Å². The van der Waals surface area contributed by atoms with Gasteiger partial charge in [0.2, 0.25) is 0 Å². The molecule has 0 saturated carbocycles. The maximum absolute atomic E-state index is 9.62. The number of aliphatic hydroxyl groups is 2. The second-order valence-electron chi connectivity index (χ2n) is 4.78. The smallest absolute Gasteiger partial charge is 0.0745 e. The highest BCUT2D eigenvalue weighted by Crippen LogP contribution is 2.19. The summed E-state index contributed by atoms with van der Waals surface area (Å²) in [6.45, 7) is 10.8. The number of hydrogen-bond donors (Lipinski definition) is 2. The summed E-state index contributed by atoms with van der Waals surface area (Å²) in [5.74, 6) is 0. The number of aliphatic hydroxyl groups excluding tert-OH is 2. The Morgan fingerprint density at radius 3 is 2.31 bits per heavy atom. The van der Waals surface area contributed by atoms with E-state index in [0.717, 1.165) is 11.6 Å². The number of rotatable bonds is 6. The van der Waals surface area contributed by atoms with Crippen LogP contribution in [-0.2, 0) is 0 Å². The molecule has 0 aliphatic carbocycles. The fraction of sp³-hybridized carbons (Fsp3) is 0.800. The summed E-state index contributed by atoms with van der Waals surface area (Å²) >= 11 is 0. The normalized spacial score (nSPS) is 14.2. The van der Waals surface area contributed by atoms with E-state index in [4.69, 9.17) is 5.11 Å². The first-order valence-corrected chi connectivity index (χ1v) is 8.54. The van der Waals surface area contributed by atoms with Crippen molar-refractivity contribution < 1.29 is 10.2 Å². The highest BCUT2D eigenvalue weighted by atomic mass is 28.3. The molecule has 13 heavy (non-hydrogen) atoms. The van der Waals surface area contributed by atoms with Crippen LogP contribution in [0.2, 0.25) is 25.7 Å². The van der Waals surface area contributed by atoms with Gasteiger partial charge in [0, 0.05) is 14.7 Å². The van der Waals surface area contributed by atoms with E-state index >= 15 is 0 Å². The lowest BCUT2D eigenvalue weighted by Crippen LogP contribution is -2.24.